The van der Waals surface area contributed by atoms with E-state index in [1.165, 1.54) is 0 Å². The van der Waals surface area contributed by atoms with E-state index in [1.807, 2.05) is 84.9 Å². The van der Waals surface area contributed by atoms with Gasteiger partial charge in [-0.3, -0.25) is 91.5 Å². The molecule has 1 saturated heterocycles. The molecule has 1 fully saturated rings. The number of hydrogen-bond acceptors (Lipinski definition) is 25. The summed E-state index contributed by atoms with van der Waals surface area (Å²) in [6.07, 6.45) is -1.28. The Hall–Kier alpha value is -15.8. The average molecular weight is 2090 g/mol. The van der Waals surface area contributed by atoms with Gasteiger partial charge in [0.05, 0.1) is 26.2 Å². The molecule has 0 aromatic heterocycles. The Labute approximate surface area is 862 Å². The van der Waals surface area contributed by atoms with E-state index in [0.29, 0.717) is 17.5 Å². The van der Waals surface area contributed by atoms with Crippen molar-refractivity contribution in [2.24, 2.45) is 0 Å². The van der Waals surface area contributed by atoms with Gasteiger partial charge in [-0.25, -0.2) is 28.8 Å². The number of rotatable bonds is 58. The number of urea groups is 2. The number of carboxylic acid groups (broad SMARTS) is 9. The van der Waals surface area contributed by atoms with Crippen LogP contribution in [0, 0.1) is 0 Å². The van der Waals surface area contributed by atoms with Gasteiger partial charge in [0.1, 0.15) is 42.3 Å². The Kier molecular flexibility index (Phi) is 47.4. The maximum absolute atomic E-state index is 14.2. The van der Waals surface area contributed by atoms with E-state index in [0.717, 1.165) is 43.8 Å². The van der Waals surface area contributed by atoms with Crippen LogP contribution in [0.25, 0.3) is 21.5 Å². The molecule has 0 radical (unpaired) electrons. The highest BCUT2D eigenvalue weighted by atomic mass is 16.4. The molecule has 6 aromatic carbocycles. The lowest BCUT2D eigenvalue weighted by atomic mass is 9.96. The molecule has 810 valence electrons. The Balaban J connectivity index is 0.773. The number of nitrogens with one attached hydrogen (secondary N) is 12. The number of benzene rings is 6. The molecule has 7 atom stereocenters. The fraction of sp³-hybridized carbons (Fsp3) is 0.480. The number of unbranched alkanes of at least 4 members (excludes halogenated alkanes) is 3. The molecular weight excluding hydrogens is 1960 g/mol. The van der Waals surface area contributed by atoms with Crippen LogP contribution in [0.15, 0.2) is 121 Å². The SMILES string of the molecule is O=C(O)CC[C@H](NC(=O)N[C@@H](CCCCNC(=O)[C@H](Cc1ccc2ccccc2c1)NC(=O)c1ccc2c(c1)CCN(C(=O)CCC(=O)NCCCC[C@H](NC(=O)CCC(=O)N1CCc3cc(C(=O)N[C@@H](Cc4ccc5ccccc5c4)C(=O)NCCCC[C@H](NC(=O)N[C@@H](CCC(=O)O)C(=O)O)C(=O)O)ccc3C1)C(=O)NCCNC(=O)CN1CCN(CC(=O)O)CCN(CC(=O)O)CCN(CC(=O)O)CC1)C2)C(=O)O)C(=O)O. The van der Waals surface area contributed by atoms with Crippen LogP contribution in [0.2, 0.25) is 0 Å². The van der Waals surface area contributed by atoms with Crippen LogP contribution >= 0.6 is 0 Å². The van der Waals surface area contributed by atoms with E-state index in [2.05, 4.69) is 63.8 Å². The Morgan fingerprint density at radius 2 is 0.600 bits per heavy atom. The van der Waals surface area contributed by atoms with Crippen LogP contribution < -0.4 is 63.8 Å². The third-order valence-electron chi connectivity index (χ3n) is 25.7. The fourth-order valence-electron chi connectivity index (χ4n) is 17.5. The van der Waals surface area contributed by atoms with Crippen LogP contribution in [-0.4, -0.2) is 367 Å². The van der Waals surface area contributed by atoms with Gasteiger partial charge < -0.3 is 120 Å². The number of carbonyl (C=O) groups is 21. The number of carboxylic acids is 9. The summed E-state index contributed by atoms with van der Waals surface area (Å²) in [6, 6.07) is 24.3. The maximum Gasteiger partial charge on any atom is 0.326 e. The van der Waals surface area contributed by atoms with Crippen molar-refractivity contribution in [3.05, 3.63) is 166 Å². The summed E-state index contributed by atoms with van der Waals surface area (Å²) in [4.78, 5) is 279. The molecule has 21 N–H and O–H groups in total. The zero-order valence-electron chi connectivity index (χ0n) is 83.1. The Morgan fingerprint density at radius 1 is 0.267 bits per heavy atom. The third kappa shape index (κ3) is 41.1. The first-order chi connectivity index (χ1) is 71.7. The highest BCUT2D eigenvalue weighted by molar-refractivity contribution is 6.00. The molecule has 48 nitrogen and oxygen atoms in total. The molecule has 9 rings (SSSR count). The zero-order valence-corrected chi connectivity index (χ0v) is 83.1. The summed E-state index contributed by atoms with van der Waals surface area (Å²) in [5.41, 5.74) is 4.80. The van der Waals surface area contributed by atoms with Crippen molar-refractivity contribution in [3.63, 3.8) is 0 Å². The van der Waals surface area contributed by atoms with E-state index in [-0.39, 0.29) is 257 Å². The van der Waals surface area contributed by atoms with Crippen LogP contribution in [0.5, 0.6) is 0 Å². The Bertz CT molecular complexity index is 5800. The van der Waals surface area contributed by atoms with Crippen molar-refractivity contribution >= 4 is 146 Å². The first-order valence-electron chi connectivity index (χ1n) is 49.7. The van der Waals surface area contributed by atoms with Crippen LogP contribution in [0.4, 0.5) is 9.59 Å². The minimum atomic E-state index is -1.61. The average Bonchev–Trinajstić information content (AvgIpc) is 0.805. The molecule has 6 aromatic rings. The summed E-state index contributed by atoms with van der Waals surface area (Å²) in [5, 5.41) is 120. The molecule has 14 amide bonds. The van der Waals surface area contributed by atoms with Crippen LogP contribution in [0.1, 0.15) is 163 Å². The van der Waals surface area contributed by atoms with Crippen molar-refractivity contribution in [1.82, 2.24) is 93.2 Å². The van der Waals surface area contributed by atoms with Crippen molar-refractivity contribution in [2.75, 3.05) is 124 Å². The van der Waals surface area contributed by atoms with Gasteiger partial charge in [0, 0.05) is 174 Å². The Morgan fingerprint density at radius 3 is 0.980 bits per heavy atom. The minimum absolute atomic E-state index is 0.0138. The fourth-order valence-corrected chi connectivity index (χ4v) is 17.5. The van der Waals surface area contributed by atoms with Crippen molar-refractivity contribution in [1.29, 1.82) is 0 Å². The third-order valence-corrected chi connectivity index (χ3v) is 25.7. The van der Waals surface area contributed by atoms with Crippen molar-refractivity contribution in [3.8, 4) is 0 Å². The summed E-state index contributed by atoms with van der Waals surface area (Å²) in [5.74, 6) is -17.2. The molecule has 0 unspecified atom stereocenters. The van der Waals surface area contributed by atoms with Gasteiger partial charge in [-0.15, -0.1) is 0 Å². The first kappa shape index (κ1) is 118. The van der Waals surface area contributed by atoms with Gasteiger partial charge >= 0.3 is 65.8 Å². The molecule has 0 saturated carbocycles. The largest absolute Gasteiger partial charge is 0.481 e. The second-order valence-electron chi connectivity index (χ2n) is 37.1. The van der Waals surface area contributed by atoms with Crippen molar-refractivity contribution in [2.45, 2.75) is 190 Å². The number of nitrogens with zero attached hydrogens (tertiary/aromatic N) is 6. The molecule has 0 spiro atoms. The summed E-state index contributed by atoms with van der Waals surface area (Å²) >= 11 is 0. The van der Waals surface area contributed by atoms with Gasteiger partial charge in [-0.05, 0) is 163 Å². The summed E-state index contributed by atoms with van der Waals surface area (Å²) in [7, 11) is 0. The van der Waals surface area contributed by atoms with Gasteiger partial charge in [-0.1, -0.05) is 97.1 Å². The number of aliphatic carboxylic acids is 9. The number of carbonyl (C=O) groups excluding carboxylic acids is 12. The van der Waals surface area contributed by atoms with Gasteiger partial charge in [-0.2, -0.15) is 0 Å². The van der Waals surface area contributed by atoms with E-state index >= 15 is 0 Å². The van der Waals surface area contributed by atoms with E-state index in [9.17, 15) is 136 Å². The molecule has 48 heteroatoms. The molecule has 3 heterocycles. The predicted octanol–water partition coefficient (Wildman–Crippen LogP) is 0.898. The quantitative estimate of drug-likeness (QED) is 0.0236. The highest BCUT2D eigenvalue weighted by Gasteiger charge is 2.34. The lowest BCUT2D eigenvalue weighted by Crippen LogP contribution is -2.51. The highest BCUT2D eigenvalue weighted by Crippen LogP contribution is 2.27. The normalized spacial score (nSPS) is 15.0. The number of hydrogen-bond donors (Lipinski definition) is 21. The second kappa shape index (κ2) is 60.4. The minimum Gasteiger partial charge on any atom is -0.481 e. The lowest BCUT2D eigenvalue weighted by Gasteiger charge is -2.32. The monoisotopic (exact) mass is 2090 g/mol. The summed E-state index contributed by atoms with van der Waals surface area (Å²) < 4.78 is 0. The predicted molar refractivity (Wildman–Crippen MR) is 537 cm³/mol. The smallest absolute Gasteiger partial charge is 0.326 e. The lowest BCUT2D eigenvalue weighted by molar-refractivity contribution is -0.142. The van der Waals surface area contributed by atoms with Gasteiger partial charge in [0.25, 0.3) is 11.8 Å². The van der Waals surface area contributed by atoms with Gasteiger partial charge in [0.2, 0.25) is 47.3 Å². The molecular formula is C102H132N18O30. The van der Waals surface area contributed by atoms with Crippen LogP contribution in [-0.2, 0) is 120 Å². The standard InChI is InChI=1S/C102H132N18O30/c121-82(28-30-85(124)119-41-34-69-55-71(22-24-73(69)57-119)92(136)109-80(53-63-18-20-65-11-1-3-13-67(65)51-63)95(139)105-37-9-6-16-76(97(141)142)111-101(149)113-78(99(145)146)26-32-87(126)127)103-36-8-5-15-75(94(138)107-40-39-104-84(123)59-115-43-45-116(60-89(130)131)47-49-118(62-91(134)135)50-48-117(46-44-115)61-90(132)133)108-83(122)29-31-86(125)120-42-35-70-56-72(23-25-74(70)58-120)93(137)110-81(54-64-19-21-66-12-2-4-14-68(66)52-64)96(140)106-38-10-7-17-77(98(143)144)112-102(150)114-79(100(147)148)27-33-88(128)129/h1-4,11-14,18-25,51-52,55-56,75-81H,5-10,15-17,26-50,53-54,57-62H2,(H,103,121)(H,104,123)(H,105,139)(H,106,140)(H,107,138)(H,108,122)(H,109,136)(H,110,137)(H,126,127)(H,128,129)(H,130,131)(H,132,133)(H,134,135)(H,141,142)(H,143,144)(H,145,146)(H,147,148)(H2,111,113,149)(H2,112,114,150)/t75-,76-,77-,78-,79-,80-,81-/m0/s1. The summed E-state index contributed by atoms with van der Waals surface area (Å²) in [6.45, 7) is 0.464. The second-order valence-corrected chi connectivity index (χ2v) is 37.1. The molecule has 150 heavy (non-hydrogen) atoms. The zero-order chi connectivity index (χ0) is 109. The molecule has 3 aliphatic heterocycles. The van der Waals surface area contributed by atoms with E-state index in [1.54, 1.807) is 65.8 Å². The van der Waals surface area contributed by atoms with Crippen molar-refractivity contribution < 1.29 is 147 Å². The number of fused-ring (bicyclic) bond motifs is 4. The van der Waals surface area contributed by atoms with Crippen LogP contribution in [0.3, 0.4) is 0 Å². The topological polar surface area (TPSA) is 704 Å². The number of amides is 14. The van der Waals surface area contributed by atoms with Gasteiger partial charge in [0.15, 0.2) is 0 Å². The maximum atomic E-state index is 14.2. The first-order valence-corrected chi connectivity index (χ1v) is 49.7. The molecule has 0 aliphatic carbocycles. The molecule has 0 bridgehead atoms. The molecule has 3 aliphatic rings. The van der Waals surface area contributed by atoms with E-state index < -0.39 is 187 Å². The van der Waals surface area contributed by atoms with E-state index in [4.69, 9.17) is 10.2 Å².